The van der Waals surface area contributed by atoms with Gasteiger partial charge in [-0.3, -0.25) is 9.59 Å². The van der Waals surface area contributed by atoms with E-state index in [-0.39, 0.29) is 70.8 Å². The number of aromatic nitrogens is 2. The maximum Gasteiger partial charge on any atom is 0.348 e. The largest absolute Gasteiger partial charge is 0.710 e. The maximum absolute atomic E-state index is 15.2. The Bertz CT molecular complexity index is 1950. The Morgan fingerprint density at radius 1 is 1.09 bits per heavy atom. The summed E-state index contributed by atoms with van der Waals surface area (Å²) in [6.45, 7) is 22.2. The molecule has 11 heteroatoms. The Morgan fingerprint density at radius 2 is 1.67 bits per heavy atom. The SMILES string of the molecule is [C-]#[N+]c1c(N2CCN(C(=O)C=C)C[C@@H]2C)c2cc(Cl)c(-c3c(F)cccc3F)[n+]([O-])c2n(-c2c(C(C)C)cccc2C(C)C)c1=O. The van der Waals surface area contributed by atoms with Crippen LogP contribution in [0.5, 0.6) is 0 Å². The fraction of sp³-hybridized carbons (Fsp3) is 0.314. The number of piperazine rings is 1. The minimum Gasteiger partial charge on any atom is -0.710 e. The van der Waals surface area contributed by atoms with Crippen molar-refractivity contribution in [2.75, 3.05) is 24.5 Å². The molecule has 0 bridgehead atoms. The predicted octanol–water partition coefficient (Wildman–Crippen LogP) is 7.24. The molecule has 1 fully saturated rings. The van der Waals surface area contributed by atoms with Crippen LogP contribution in [0.1, 0.15) is 57.6 Å². The van der Waals surface area contributed by atoms with Gasteiger partial charge < -0.3 is 15.0 Å². The van der Waals surface area contributed by atoms with Crippen LogP contribution in [0.25, 0.3) is 32.8 Å². The zero-order chi connectivity index (χ0) is 33.6. The van der Waals surface area contributed by atoms with E-state index >= 15 is 8.78 Å². The van der Waals surface area contributed by atoms with Crippen LogP contribution in [-0.2, 0) is 4.79 Å². The fourth-order valence-electron chi connectivity index (χ4n) is 6.32. The van der Waals surface area contributed by atoms with Gasteiger partial charge in [0.1, 0.15) is 17.3 Å². The fourth-order valence-corrected chi connectivity index (χ4v) is 6.60. The molecule has 0 saturated carbocycles. The van der Waals surface area contributed by atoms with Crippen LogP contribution in [0.2, 0.25) is 5.02 Å². The van der Waals surface area contributed by atoms with Gasteiger partial charge in [0.2, 0.25) is 5.91 Å². The average Bonchev–Trinajstić information content (AvgIpc) is 3.01. The first kappa shape index (κ1) is 32.6. The summed E-state index contributed by atoms with van der Waals surface area (Å²) >= 11 is 6.71. The van der Waals surface area contributed by atoms with Crippen molar-refractivity contribution in [3.05, 3.63) is 110 Å². The van der Waals surface area contributed by atoms with E-state index in [1.807, 2.05) is 57.7 Å². The van der Waals surface area contributed by atoms with Crippen LogP contribution in [-0.4, -0.2) is 41.1 Å². The molecule has 0 radical (unpaired) electrons. The molecule has 46 heavy (non-hydrogen) atoms. The zero-order valence-electron chi connectivity index (χ0n) is 26.3. The van der Waals surface area contributed by atoms with Gasteiger partial charge >= 0.3 is 5.56 Å². The van der Waals surface area contributed by atoms with E-state index in [1.165, 1.54) is 22.8 Å². The topological polar surface area (TPSA) is 76.8 Å². The number of hydrogen-bond acceptors (Lipinski definition) is 4. The molecule has 0 spiro atoms. The first-order valence-corrected chi connectivity index (χ1v) is 15.4. The smallest absolute Gasteiger partial charge is 0.348 e. The van der Waals surface area contributed by atoms with Gasteiger partial charge in [0, 0.05) is 36.8 Å². The van der Waals surface area contributed by atoms with Crippen molar-refractivity contribution in [2.45, 2.75) is 52.5 Å². The Kier molecular flexibility index (Phi) is 8.91. The molecule has 1 aliphatic heterocycles. The molecular weight excluding hydrogens is 612 g/mol. The maximum atomic E-state index is 15.2. The van der Waals surface area contributed by atoms with E-state index in [2.05, 4.69) is 11.4 Å². The summed E-state index contributed by atoms with van der Waals surface area (Å²) in [6.07, 6.45) is 1.23. The van der Waals surface area contributed by atoms with Crippen molar-refractivity contribution in [1.82, 2.24) is 9.47 Å². The molecule has 8 nitrogen and oxygen atoms in total. The van der Waals surface area contributed by atoms with Crippen molar-refractivity contribution in [1.29, 1.82) is 0 Å². The Hall–Kier alpha value is -4.75. The van der Waals surface area contributed by atoms with E-state index in [4.69, 9.17) is 18.2 Å². The van der Waals surface area contributed by atoms with Gasteiger partial charge in [-0.2, -0.15) is 4.57 Å². The first-order chi connectivity index (χ1) is 21.8. The molecule has 0 unspecified atom stereocenters. The highest BCUT2D eigenvalue weighted by Crippen LogP contribution is 2.41. The molecule has 3 heterocycles. The minimum absolute atomic E-state index is 0.0990. The van der Waals surface area contributed by atoms with Crippen molar-refractivity contribution in [3.63, 3.8) is 0 Å². The highest BCUT2D eigenvalue weighted by Gasteiger charge is 2.37. The van der Waals surface area contributed by atoms with Crippen LogP contribution in [0.3, 0.4) is 0 Å². The van der Waals surface area contributed by atoms with Gasteiger partial charge in [0.05, 0.1) is 28.2 Å². The van der Waals surface area contributed by atoms with Crippen molar-refractivity contribution in [2.24, 2.45) is 0 Å². The van der Waals surface area contributed by atoms with Gasteiger partial charge in [-0.25, -0.2) is 18.4 Å². The molecule has 1 saturated heterocycles. The predicted molar refractivity (Wildman–Crippen MR) is 177 cm³/mol. The second-order valence-corrected chi connectivity index (χ2v) is 12.5. The number of benzene rings is 2. The number of rotatable bonds is 6. The Balaban J connectivity index is 2.00. The monoisotopic (exact) mass is 645 g/mol. The van der Waals surface area contributed by atoms with Crippen LogP contribution < -0.4 is 15.2 Å². The summed E-state index contributed by atoms with van der Waals surface area (Å²) in [4.78, 5) is 34.2. The highest BCUT2D eigenvalue weighted by molar-refractivity contribution is 6.33. The Morgan fingerprint density at radius 3 is 2.20 bits per heavy atom. The quantitative estimate of drug-likeness (QED) is 0.0959. The number of halogens is 3. The van der Waals surface area contributed by atoms with Crippen LogP contribution in [0.4, 0.5) is 20.2 Å². The number of carbonyl (C=O) groups is 1. The van der Waals surface area contributed by atoms with Crippen LogP contribution in [0, 0.1) is 23.4 Å². The normalized spacial score (nSPS) is 15.1. The standard InChI is InChI=1S/C35H34ClF2N5O3/c1-8-28(44)40-15-16-41(21(6)18-40)32-24-17-25(36)33(29-26(37)13-10-14-27(29)38)43(46)34(24)42(35(45)30(32)39-7)31-22(19(2)3)11-9-12-23(31)20(4)5/h8-14,17,19-21H,1,15-16,18H2,2-6H3/t21-/m0/s1. The van der Waals surface area contributed by atoms with Crippen LogP contribution in [0.15, 0.2) is 59.9 Å². The molecule has 2 aromatic carbocycles. The second-order valence-electron chi connectivity index (χ2n) is 12.0. The van der Waals surface area contributed by atoms with E-state index in [0.717, 1.165) is 23.3 Å². The molecule has 2 aromatic heterocycles. The number of nitrogens with zero attached hydrogens (tertiary/aromatic N) is 5. The molecule has 0 N–H and O–H groups in total. The molecule has 238 valence electrons. The lowest BCUT2D eigenvalue weighted by Gasteiger charge is -2.41. The number of hydrogen-bond donors (Lipinski definition) is 0. The van der Waals surface area contributed by atoms with E-state index in [9.17, 15) is 14.8 Å². The highest BCUT2D eigenvalue weighted by atomic mass is 35.5. The number of carbonyl (C=O) groups excluding carboxylic acids is 1. The average molecular weight is 646 g/mol. The summed E-state index contributed by atoms with van der Waals surface area (Å²) < 4.78 is 31.9. The molecular formula is C35H34ClF2N5O3. The summed E-state index contributed by atoms with van der Waals surface area (Å²) in [5, 5.41) is 14.5. The summed E-state index contributed by atoms with van der Waals surface area (Å²) in [6, 6.07) is 9.83. The van der Waals surface area contributed by atoms with Gasteiger partial charge in [-0.05, 0) is 43.0 Å². The summed E-state index contributed by atoms with van der Waals surface area (Å²) in [5.74, 6) is -2.45. The molecule has 1 aliphatic rings. The van der Waals surface area contributed by atoms with E-state index in [1.54, 1.807) is 4.90 Å². The van der Waals surface area contributed by atoms with Crippen molar-refractivity contribution in [3.8, 4) is 16.9 Å². The van der Waals surface area contributed by atoms with Gasteiger partial charge in [-0.1, -0.05) is 70.1 Å². The third-order valence-corrected chi connectivity index (χ3v) is 8.80. The number of para-hydroxylation sites is 1. The third-order valence-electron chi connectivity index (χ3n) is 8.51. The van der Waals surface area contributed by atoms with Crippen molar-refractivity contribution < 1.29 is 18.3 Å². The van der Waals surface area contributed by atoms with Crippen LogP contribution >= 0.6 is 11.6 Å². The summed E-state index contributed by atoms with van der Waals surface area (Å²) in [5.41, 5.74) is -0.250. The number of anilines is 1. The molecule has 4 aromatic rings. The molecule has 1 amide bonds. The van der Waals surface area contributed by atoms with Gasteiger partial charge in [-0.15, -0.1) is 0 Å². The van der Waals surface area contributed by atoms with Crippen molar-refractivity contribution >= 4 is 39.9 Å². The number of fused-ring (bicyclic) bond motifs is 1. The van der Waals surface area contributed by atoms with Gasteiger partial charge in [0.15, 0.2) is 5.69 Å². The summed E-state index contributed by atoms with van der Waals surface area (Å²) in [7, 11) is 0. The lowest BCUT2D eigenvalue weighted by Crippen LogP contribution is -2.54. The van der Waals surface area contributed by atoms with E-state index in [0.29, 0.717) is 10.4 Å². The molecule has 0 aliphatic carbocycles. The number of pyridine rings is 2. The number of amides is 1. The molecule has 1 atom stereocenters. The van der Waals surface area contributed by atoms with Gasteiger partial charge in [0.25, 0.3) is 11.3 Å². The zero-order valence-corrected chi connectivity index (χ0v) is 27.0. The van der Waals surface area contributed by atoms with E-state index < -0.39 is 28.5 Å². The Labute approximate surface area is 271 Å². The first-order valence-electron chi connectivity index (χ1n) is 15.0. The lowest BCUT2D eigenvalue weighted by atomic mass is 9.92. The third kappa shape index (κ3) is 5.28. The molecule has 5 rings (SSSR count). The minimum atomic E-state index is -1.00. The second kappa shape index (κ2) is 12.6. The lowest BCUT2D eigenvalue weighted by molar-refractivity contribution is -0.568.